The maximum atomic E-state index is 6.90. The van der Waals surface area contributed by atoms with Crippen molar-refractivity contribution in [3.8, 4) is 23.0 Å². The van der Waals surface area contributed by atoms with E-state index in [0.717, 1.165) is 133 Å². The summed E-state index contributed by atoms with van der Waals surface area (Å²) in [6, 6.07) is 24.4. The van der Waals surface area contributed by atoms with E-state index < -0.39 is 0 Å². The zero-order valence-electron chi connectivity index (χ0n) is 39.9. The highest BCUT2D eigenvalue weighted by atomic mass is 16.5. The normalized spacial score (nSPS) is 15.1. The quantitative estimate of drug-likeness (QED) is 0.0659. The molecule has 1 aliphatic carbocycles. The van der Waals surface area contributed by atoms with Gasteiger partial charge in [0.2, 0.25) is 0 Å². The smallest absolute Gasteiger partial charge is 0.126 e. The number of hydrogen-bond donors (Lipinski definition) is 2. The van der Waals surface area contributed by atoms with Gasteiger partial charge in [-0.2, -0.15) is 0 Å². The molecule has 0 spiro atoms. The van der Waals surface area contributed by atoms with Gasteiger partial charge in [0.05, 0.1) is 26.4 Å². The van der Waals surface area contributed by atoms with Crippen molar-refractivity contribution in [3.63, 3.8) is 0 Å². The van der Waals surface area contributed by atoms with Gasteiger partial charge in [-0.3, -0.25) is 4.90 Å². The third-order valence-corrected chi connectivity index (χ3v) is 11.8. The SMILES string of the molecule is CCOCCOc1c2cccc1Cc1cccc(c1OCCOCC)Cc1cc(CN3CCCNCCCNCCC3)cc(c1OCCOCC)Cc1cccc(c1OCCOCC)C2. The summed E-state index contributed by atoms with van der Waals surface area (Å²) in [6.45, 7) is 21.5. The third-order valence-electron chi connectivity index (χ3n) is 11.8. The number of rotatable bonds is 22. The van der Waals surface area contributed by atoms with Crippen LogP contribution in [0.5, 0.6) is 23.0 Å². The molecule has 0 amide bonds. The van der Waals surface area contributed by atoms with Crippen molar-refractivity contribution in [3.05, 3.63) is 117 Å². The first-order chi connectivity index (χ1) is 32.1. The lowest BCUT2D eigenvalue weighted by molar-refractivity contribution is 0.108. The number of hydrogen-bond acceptors (Lipinski definition) is 11. The van der Waals surface area contributed by atoms with Gasteiger partial charge < -0.3 is 48.5 Å². The Morgan fingerprint density at radius 2 is 0.708 bits per heavy atom. The molecular weight excluding hydrogens is 819 g/mol. The van der Waals surface area contributed by atoms with Crippen LogP contribution in [-0.4, -0.2) is 123 Å². The van der Waals surface area contributed by atoms with Gasteiger partial charge in [0.25, 0.3) is 0 Å². The topological polar surface area (TPSA) is 101 Å². The molecule has 2 aliphatic rings. The van der Waals surface area contributed by atoms with Gasteiger partial charge in [0, 0.05) is 58.7 Å². The van der Waals surface area contributed by atoms with E-state index in [-0.39, 0.29) is 0 Å². The zero-order valence-corrected chi connectivity index (χ0v) is 39.9. The minimum atomic E-state index is 0.440. The van der Waals surface area contributed by atoms with Gasteiger partial charge in [-0.25, -0.2) is 0 Å². The van der Waals surface area contributed by atoms with Crippen molar-refractivity contribution in [2.24, 2.45) is 0 Å². The van der Waals surface area contributed by atoms with Crippen LogP contribution < -0.4 is 29.6 Å². The predicted molar refractivity (Wildman–Crippen MR) is 260 cm³/mol. The molecule has 1 aliphatic heterocycles. The lowest BCUT2D eigenvalue weighted by atomic mass is 9.90. The summed E-state index contributed by atoms with van der Waals surface area (Å²) in [5, 5.41) is 7.30. The minimum Gasteiger partial charge on any atom is -0.491 e. The Morgan fingerprint density at radius 3 is 1.05 bits per heavy atom. The Morgan fingerprint density at radius 1 is 0.400 bits per heavy atom. The van der Waals surface area contributed by atoms with E-state index in [1.807, 2.05) is 27.7 Å². The molecule has 356 valence electrons. The van der Waals surface area contributed by atoms with Crippen molar-refractivity contribution in [2.45, 2.75) is 79.2 Å². The second kappa shape index (κ2) is 28.8. The van der Waals surface area contributed by atoms with Crippen LogP contribution in [0.3, 0.4) is 0 Å². The predicted octanol–water partition coefficient (Wildman–Crippen LogP) is 8.19. The van der Waals surface area contributed by atoms with E-state index in [1.165, 1.54) is 5.56 Å². The van der Waals surface area contributed by atoms with Gasteiger partial charge in [0.15, 0.2) is 0 Å². The monoisotopic (exact) mass is 896 g/mol. The fourth-order valence-electron chi connectivity index (χ4n) is 8.85. The summed E-state index contributed by atoms with van der Waals surface area (Å²) in [5.41, 5.74) is 10.1. The van der Waals surface area contributed by atoms with Crippen molar-refractivity contribution in [2.75, 3.05) is 119 Å². The molecule has 11 nitrogen and oxygen atoms in total. The van der Waals surface area contributed by atoms with Gasteiger partial charge in [-0.1, -0.05) is 66.7 Å². The number of para-hydroxylation sites is 3. The van der Waals surface area contributed by atoms with Crippen LogP contribution in [-0.2, 0) is 51.2 Å². The van der Waals surface area contributed by atoms with E-state index in [0.29, 0.717) is 105 Å². The molecule has 1 saturated heterocycles. The van der Waals surface area contributed by atoms with Gasteiger partial charge in [-0.15, -0.1) is 0 Å². The summed E-state index contributed by atoms with van der Waals surface area (Å²) < 4.78 is 50.4. The Hall–Kier alpha value is -4.20. The first kappa shape index (κ1) is 50.2. The van der Waals surface area contributed by atoms with Crippen LogP contribution in [0.2, 0.25) is 0 Å². The average Bonchev–Trinajstić information content (AvgIpc) is 3.30. The van der Waals surface area contributed by atoms with Crippen LogP contribution in [0.1, 0.15) is 97.0 Å². The van der Waals surface area contributed by atoms with E-state index in [4.69, 9.17) is 37.9 Å². The number of nitrogens with one attached hydrogen (secondary N) is 2. The van der Waals surface area contributed by atoms with Gasteiger partial charge in [-0.05, 0) is 136 Å². The lowest BCUT2D eigenvalue weighted by Crippen LogP contribution is -2.32. The summed E-state index contributed by atoms with van der Waals surface area (Å²) >= 11 is 0. The molecule has 11 heteroatoms. The Balaban J connectivity index is 1.52. The fourth-order valence-corrected chi connectivity index (χ4v) is 8.85. The summed E-state index contributed by atoms with van der Waals surface area (Å²) in [6.07, 6.45) is 5.85. The summed E-state index contributed by atoms with van der Waals surface area (Å²) in [5.74, 6) is 3.55. The average molecular weight is 896 g/mol. The molecule has 1 heterocycles. The molecule has 8 bridgehead atoms. The molecule has 65 heavy (non-hydrogen) atoms. The number of ether oxygens (including phenoxy) is 8. The molecule has 0 radical (unpaired) electrons. The Labute approximate surface area is 389 Å². The summed E-state index contributed by atoms with van der Waals surface area (Å²) in [4.78, 5) is 2.63. The van der Waals surface area contributed by atoms with Crippen molar-refractivity contribution in [1.82, 2.24) is 15.5 Å². The molecule has 0 atom stereocenters. The first-order valence-electron chi connectivity index (χ1n) is 24.5. The number of benzene rings is 4. The fraction of sp³-hybridized carbons (Fsp3) is 0.556. The standard InChI is InChI=1S/C54H77N3O8/c1-5-58-27-31-62-51-43-15-9-16-44(51)38-46-18-11-20-48(53(46)64-33-29-60-7-3)40-50-36-42(41-57-25-13-23-55-21-12-22-56-24-14-26-57)35-49(54(50)65-34-30-61-8-4)39-47-19-10-17-45(37-43)52(47)63-32-28-59-6-2/h9-11,15-20,35-36,55-56H,5-8,12-14,21-34,37-41H2,1-4H3. The van der Waals surface area contributed by atoms with E-state index in [2.05, 4.69) is 82.3 Å². The molecular formula is C54H77N3O8. The van der Waals surface area contributed by atoms with E-state index >= 15 is 0 Å². The van der Waals surface area contributed by atoms with Crippen LogP contribution in [0, 0.1) is 0 Å². The van der Waals surface area contributed by atoms with Gasteiger partial charge >= 0.3 is 0 Å². The molecule has 4 aromatic carbocycles. The van der Waals surface area contributed by atoms with Crippen molar-refractivity contribution >= 4 is 0 Å². The Bertz CT molecular complexity index is 1870. The van der Waals surface area contributed by atoms with Crippen molar-refractivity contribution in [1.29, 1.82) is 0 Å². The number of nitrogens with zero attached hydrogens (tertiary/aromatic N) is 1. The second-order valence-corrected chi connectivity index (χ2v) is 16.7. The zero-order chi connectivity index (χ0) is 45.3. The van der Waals surface area contributed by atoms with Gasteiger partial charge in [0.1, 0.15) is 49.4 Å². The maximum absolute atomic E-state index is 6.90. The van der Waals surface area contributed by atoms with Crippen LogP contribution in [0.15, 0.2) is 66.7 Å². The first-order valence-corrected chi connectivity index (χ1v) is 24.5. The molecule has 0 aromatic heterocycles. The lowest BCUT2D eigenvalue weighted by Gasteiger charge is -2.26. The molecule has 2 N–H and O–H groups in total. The highest BCUT2D eigenvalue weighted by Gasteiger charge is 2.23. The highest BCUT2D eigenvalue weighted by molar-refractivity contribution is 5.56. The summed E-state index contributed by atoms with van der Waals surface area (Å²) in [7, 11) is 0. The third kappa shape index (κ3) is 16.0. The van der Waals surface area contributed by atoms with E-state index in [1.54, 1.807) is 0 Å². The molecule has 1 fully saturated rings. The molecule has 6 rings (SSSR count). The highest BCUT2D eigenvalue weighted by Crippen LogP contribution is 2.39. The van der Waals surface area contributed by atoms with Crippen LogP contribution >= 0.6 is 0 Å². The molecule has 0 unspecified atom stereocenters. The molecule has 4 aromatic rings. The second-order valence-electron chi connectivity index (χ2n) is 16.7. The number of fused-ring (bicyclic) bond motifs is 8. The largest absolute Gasteiger partial charge is 0.491 e. The van der Waals surface area contributed by atoms with E-state index in [9.17, 15) is 0 Å². The van der Waals surface area contributed by atoms with Crippen molar-refractivity contribution < 1.29 is 37.9 Å². The Kier molecular flexibility index (Phi) is 22.2. The van der Waals surface area contributed by atoms with Crippen LogP contribution in [0.4, 0.5) is 0 Å². The molecule has 0 saturated carbocycles. The maximum Gasteiger partial charge on any atom is 0.126 e. The minimum absolute atomic E-state index is 0.440. The van der Waals surface area contributed by atoms with Crippen LogP contribution in [0.25, 0.3) is 0 Å².